The molecule has 0 spiro atoms. The van der Waals surface area contributed by atoms with Crippen LogP contribution in [-0.4, -0.2) is 5.11 Å². The van der Waals surface area contributed by atoms with Gasteiger partial charge in [0.05, 0.1) is 16.0 Å². The minimum Gasteiger partial charge on any atom is -0.387 e. The Morgan fingerprint density at radius 1 is 1.31 bits per heavy atom. The molecule has 1 aromatic carbocycles. The number of aliphatic hydroxyl groups excluding tert-OH is 1. The fourth-order valence-electron chi connectivity index (χ4n) is 1.60. The van der Waals surface area contributed by atoms with Crippen molar-refractivity contribution in [2.75, 3.05) is 0 Å². The van der Waals surface area contributed by atoms with E-state index in [1.54, 1.807) is 0 Å². The highest BCUT2D eigenvalue weighted by atomic mass is 35.5. The Morgan fingerprint density at radius 3 is 2.56 bits per heavy atom. The van der Waals surface area contributed by atoms with Crippen molar-refractivity contribution >= 4 is 22.9 Å². The SMILES string of the molecule is Cc1csc(C(O)Cc2ccccc2)c1Cl. The molecule has 3 heteroatoms. The molecule has 0 aliphatic carbocycles. The third-order valence-corrected chi connectivity index (χ3v) is 4.32. The number of hydrogen-bond donors (Lipinski definition) is 1. The number of hydrogen-bond acceptors (Lipinski definition) is 2. The van der Waals surface area contributed by atoms with Crippen LogP contribution in [-0.2, 0) is 6.42 Å². The molecular weight excluding hydrogens is 240 g/mol. The predicted molar refractivity (Wildman–Crippen MR) is 69.2 cm³/mol. The summed E-state index contributed by atoms with van der Waals surface area (Å²) in [7, 11) is 0. The number of rotatable bonds is 3. The van der Waals surface area contributed by atoms with Gasteiger partial charge in [0.1, 0.15) is 0 Å². The summed E-state index contributed by atoms with van der Waals surface area (Å²) in [5.41, 5.74) is 2.16. The molecule has 1 atom stereocenters. The Morgan fingerprint density at radius 2 is 2.00 bits per heavy atom. The zero-order chi connectivity index (χ0) is 11.5. The predicted octanol–water partition coefficient (Wildman–Crippen LogP) is 3.99. The fourth-order valence-corrected chi connectivity index (χ4v) is 2.91. The Balaban J connectivity index is 2.15. The average Bonchev–Trinajstić information content (AvgIpc) is 2.61. The summed E-state index contributed by atoms with van der Waals surface area (Å²) in [5, 5.41) is 12.8. The van der Waals surface area contributed by atoms with E-state index in [1.807, 2.05) is 42.6 Å². The minimum absolute atomic E-state index is 0.506. The van der Waals surface area contributed by atoms with Crippen molar-refractivity contribution in [3.8, 4) is 0 Å². The van der Waals surface area contributed by atoms with E-state index in [0.717, 1.165) is 16.0 Å². The van der Waals surface area contributed by atoms with Crippen LogP contribution in [0.25, 0.3) is 0 Å². The second-order valence-corrected chi connectivity index (χ2v) is 5.09. The highest BCUT2D eigenvalue weighted by molar-refractivity contribution is 7.10. The van der Waals surface area contributed by atoms with E-state index >= 15 is 0 Å². The van der Waals surface area contributed by atoms with E-state index < -0.39 is 6.10 Å². The van der Waals surface area contributed by atoms with Crippen molar-refractivity contribution in [3.05, 3.63) is 56.7 Å². The minimum atomic E-state index is -0.506. The standard InChI is InChI=1S/C13H13ClOS/c1-9-8-16-13(12(9)14)11(15)7-10-5-3-2-4-6-10/h2-6,8,11,15H,7H2,1H3. The molecule has 1 aromatic heterocycles. The van der Waals surface area contributed by atoms with Gasteiger partial charge in [-0.1, -0.05) is 41.9 Å². The number of aliphatic hydroxyl groups is 1. The van der Waals surface area contributed by atoms with E-state index in [9.17, 15) is 5.11 Å². The van der Waals surface area contributed by atoms with Gasteiger partial charge in [-0.15, -0.1) is 11.3 Å². The summed E-state index contributed by atoms with van der Waals surface area (Å²) in [6.07, 6.45) is 0.106. The second kappa shape index (κ2) is 5.00. The largest absolute Gasteiger partial charge is 0.387 e. The van der Waals surface area contributed by atoms with Crippen LogP contribution in [0.1, 0.15) is 22.1 Å². The van der Waals surface area contributed by atoms with Crippen molar-refractivity contribution in [1.29, 1.82) is 0 Å². The first-order valence-electron chi connectivity index (χ1n) is 5.14. The van der Waals surface area contributed by atoms with Gasteiger partial charge in [0.15, 0.2) is 0 Å². The molecule has 16 heavy (non-hydrogen) atoms. The lowest BCUT2D eigenvalue weighted by Crippen LogP contribution is -2.00. The zero-order valence-corrected chi connectivity index (χ0v) is 10.6. The maximum Gasteiger partial charge on any atom is 0.0937 e. The van der Waals surface area contributed by atoms with Crippen LogP contribution < -0.4 is 0 Å². The molecule has 0 saturated carbocycles. The highest BCUT2D eigenvalue weighted by Gasteiger charge is 2.15. The smallest absolute Gasteiger partial charge is 0.0937 e. The van der Waals surface area contributed by atoms with Crippen LogP contribution in [0.15, 0.2) is 35.7 Å². The normalized spacial score (nSPS) is 12.7. The van der Waals surface area contributed by atoms with Gasteiger partial charge in [-0.05, 0) is 23.4 Å². The molecule has 1 heterocycles. The summed E-state index contributed by atoms with van der Waals surface area (Å²) < 4.78 is 0. The molecular formula is C13H13ClOS. The Bertz CT molecular complexity index is 464. The first kappa shape index (κ1) is 11.6. The van der Waals surface area contributed by atoms with E-state index in [0.29, 0.717) is 11.4 Å². The van der Waals surface area contributed by atoms with Gasteiger partial charge in [-0.25, -0.2) is 0 Å². The van der Waals surface area contributed by atoms with Crippen LogP contribution in [0.5, 0.6) is 0 Å². The van der Waals surface area contributed by atoms with Crippen LogP contribution >= 0.6 is 22.9 Å². The Kier molecular flexibility index (Phi) is 3.64. The third-order valence-electron chi connectivity index (χ3n) is 2.50. The lowest BCUT2D eigenvalue weighted by molar-refractivity contribution is 0.182. The van der Waals surface area contributed by atoms with Gasteiger partial charge in [-0.2, -0.15) is 0 Å². The first-order valence-corrected chi connectivity index (χ1v) is 6.39. The van der Waals surface area contributed by atoms with E-state index in [-0.39, 0.29) is 0 Å². The average molecular weight is 253 g/mol. The molecule has 0 aliphatic rings. The summed E-state index contributed by atoms with van der Waals surface area (Å²) in [4.78, 5) is 0.864. The number of aryl methyl sites for hydroxylation is 1. The maximum atomic E-state index is 10.1. The van der Waals surface area contributed by atoms with E-state index in [4.69, 9.17) is 11.6 Å². The first-order chi connectivity index (χ1) is 7.68. The number of benzene rings is 1. The van der Waals surface area contributed by atoms with Gasteiger partial charge in [0.2, 0.25) is 0 Å². The van der Waals surface area contributed by atoms with Gasteiger partial charge < -0.3 is 5.11 Å². The molecule has 1 nitrogen and oxygen atoms in total. The zero-order valence-electron chi connectivity index (χ0n) is 8.98. The quantitative estimate of drug-likeness (QED) is 0.876. The molecule has 2 rings (SSSR count). The van der Waals surface area contributed by atoms with Crippen LogP contribution in [0, 0.1) is 6.92 Å². The lowest BCUT2D eigenvalue weighted by atomic mass is 10.1. The molecule has 0 radical (unpaired) electrons. The number of thiophene rings is 1. The van der Waals surface area contributed by atoms with Crippen LogP contribution in [0.2, 0.25) is 5.02 Å². The van der Waals surface area contributed by atoms with Crippen molar-refractivity contribution in [1.82, 2.24) is 0 Å². The lowest BCUT2D eigenvalue weighted by Gasteiger charge is -2.09. The summed E-state index contributed by atoms with van der Waals surface area (Å²) >= 11 is 7.64. The van der Waals surface area contributed by atoms with E-state index in [2.05, 4.69) is 0 Å². The number of halogens is 1. The summed E-state index contributed by atoms with van der Waals surface area (Å²) in [6, 6.07) is 9.94. The van der Waals surface area contributed by atoms with Gasteiger partial charge in [0.25, 0.3) is 0 Å². The molecule has 84 valence electrons. The molecule has 0 aliphatic heterocycles. The second-order valence-electron chi connectivity index (χ2n) is 3.80. The fraction of sp³-hybridized carbons (Fsp3) is 0.231. The summed E-state index contributed by atoms with van der Waals surface area (Å²) in [6.45, 7) is 1.96. The summed E-state index contributed by atoms with van der Waals surface area (Å²) in [5.74, 6) is 0. The van der Waals surface area contributed by atoms with Crippen LogP contribution in [0.3, 0.4) is 0 Å². The van der Waals surface area contributed by atoms with Gasteiger partial charge >= 0.3 is 0 Å². The molecule has 0 bridgehead atoms. The molecule has 0 fully saturated rings. The van der Waals surface area contributed by atoms with Crippen LogP contribution in [0.4, 0.5) is 0 Å². The Labute approximate surface area is 104 Å². The molecule has 0 saturated heterocycles. The molecule has 1 N–H and O–H groups in total. The van der Waals surface area contributed by atoms with Gasteiger partial charge in [0, 0.05) is 6.42 Å². The van der Waals surface area contributed by atoms with Gasteiger partial charge in [-0.3, -0.25) is 0 Å². The molecule has 1 unspecified atom stereocenters. The highest BCUT2D eigenvalue weighted by Crippen LogP contribution is 2.33. The van der Waals surface area contributed by atoms with Crippen molar-refractivity contribution < 1.29 is 5.11 Å². The molecule has 2 aromatic rings. The monoisotopic (exact) mass is 252 g/mol. The topological polar surface area (TPSA) is 20.2 Å². The van der Waals surface area contributed by atoms with Crippen molar-refractivity contribution in [3.63, 3.8) is 0 Å². The third kappa shape index (κ3) is 2.46. The van der Waals surface area contributed by atoms with E-state index in [1.165, 1.54) is 11.3 Å². The van der Waals surface area contributed by atoms with Crippen molar-refractivity contribution in [2.24, 2.45) is 0 Å². The molecule has 0 amide bonds. The Hall–Kier alpha value is -0.830. The maximum absolute atomic E-state index is 10.1. The van der Waals surface area contributed by atoms with Crippen molar-refractivity contribution in [2.45, 2.75) is 19.4 Å².